The summed E-state index contributed by atoms with van der Waals surface area (Å²) in [6.07, 6.45) is 3.04. The predicted octanol–water partition coefficient (Wildman–Crippen LogP) is -1.40. The van der Waals surface area contributed by atoms with Crippen LogP contribution in [0.5, 0.6) is 0 Å². The number of hydrogen-bond donors (Lipinski definition) is 1. The van der Waals surface area contributed by atoms with Crippen molar-refractivity contribution in [2.24, 2.45) is 0 Å². The first-order chi connectivity index (χ1) is 6.08. The second-order valence-corrected chi connectivity index (χ2v) is 3.53. The average Bonchev–Trinajstić information content (AvgIpc) is 2.27. The van der Waals surface area contributed by atoms with Crippen molar-refractivity contribution in [3.05, 3.63) is 0 Å². The van der Waals surface area contributed by atoms with E-state index in [9.17, 15) is 9.59 Å². The number of alkyl carbamates (subject to hydrolysis) is 1. The van der Waals surface area contributed by atoms with Crippen molar-refractivity contribution in [2.75, 3.05) is 0 Å². The van der Waals surface area contributed by atoms with E-state index in [4.69, 9.17) is 4.74 Å². The van der Waals surface area contributed by atoms with E-state index in [-0.39, 0.29) is 35.5 Å². The van der Waals surface area contributed by atoms with Crippen molar-refractivity contribution in [1.29, 1.82) is 0 Å². The molecular weight excluding hydrogens is 193 g/mol. The zero-order valence-electron chi connectivity index (χ0n) is 9.05. The van der Waals surface area contributed by atoms with Gasteiger partial charge in [0.2, 0.25) is 0 Å². The molecule has 1 atom stereocenters. The van der Waals surface area contributed by atoms with E-state index in [1.807, 2.05) is 0 Å². The maximum Gasteiger partial charge on any atom is 1.00 e. The normalized spacial score (nSPS) is 25.3. The Morgan fingerprint density at radius 1 is 1.36 bits per heavy atom. The number of hydrogen-bond acceptors (Lipinski definition) is 3. The number of carbonyl (C=O) groups is 2. The minimum Gasteiger partial charge on any atom is -0.433 e. The molecule has 1 aliphatic heterocycles. The zero-order valence-corrected chi connectivity index (χ0v) is 11.1. The second-order valence-electron chi connectivity index (χ2n) is 3.53. The molecule has 5 heteroatoms. The van der Waals surface area contributed by atoms with Crippen LogP contribution in [-0.2, 0) is 9.53 Å². The van der Waals surface area contributed by atoms with Crippen molar-refractivity contribution in [2.45, 2.75) is 45.1 Å². The van der Waals surface area contributed by atoms with Crippen LogP contribution in [0.2, 0.25) is 0 Å². The summed E-state index contributed by atoms with van der Waals surface area (Å²) in [7, 11) is 0. The third-order valence-electron chi connectivity index (χ3n) is 2.27. The summed E-state index contributed by atoms with van der Waals surface area (Å²) >= 11 is 0. The van der Waals surface area contributed by atoms with Gasteiger partial charge in [0.05, 0.1) is 0 Å². The molecule has 1 aliphatic rings. The molecule has 0 bridgehead atoms. The fourth-order valence-electron chi connectivity index (χ4n) is 1.38. The molecule has 1 N–H and O–H groups in total. The quantitative estimate of drug-likeness (QED) is 0.456. The summed E-state index contributed by atoms with van der Waals surface area (Å²) in [6.45, 7) is 3.74. The molecule has 0 aromatic rings. The zero-order chi connectivity index (χ0) is 9.90. The molecule has 0 aromatic carbocycles. The van der Waals surface area contributed by atoms with Crippen LogP contribution in [0, 0.1) is 0 Å². The van der Waals surface area contributed by atoms with Gasteiger partial charge in [0.15, 0.2) is 5.60 Å². The molecule has 0 aliphatic carbocycles. The maximum atomic E-state index is 11.2. The maximum absolute atomic E-state index is 11.2. The Kier molecular flexibility index (Phi) is 5.71. The van der Waals surface area contributed by atoms with Gasteiger partial charge in [0.25, 0.3) is 5.91 Å². The van der Waals surface area contributed by atoms with Crippen molar-refractivity contribution in [3.8, 4) is 0 Å². The van der Waals surface area contributed by atoms with Gasteiger partial charge < -0.3 is 4.74 Å². The van der Waals surface area contributed by atoms with Crippen molar-refractivity contribution >= 4 is 12.0 Å². The van der Waals surface area contributed by atoms with Crippen LogP contribution in [0.3, 0.4) is 0 Å². The van der Waals surface area contributed by atoms with Gasteiger partial charge in [-0.1, -0.05) is 19.8 Å². The van der Waals surface area contributed by atoms with E-state index in [0.717, 1.165) is 19.3 Å². The van der Waals surface area contributed by atoms with E-state index >= 15 is 0 Å². The van der Waals surface area contributed by atoms with Crippen molar-refractivity contribution in [1.82, 2.24) is 5.32 Å². The Morgan fingerprint density at radius 3 is 2.43 bits per heavy atom. The minimum absolute atomic E-state index is 0. The monoisotopic (exact) mass is 208 g/mol. The van der Waals surface area contributed by atoms with Gasteiger partial charge in [-0.2, -0.15) is 0 Å². The van der Waals surface area contributed by atoms with Crippen molar-refractivity contribution in [3.63, 3.8) is 0 Å². The minimum atomic E-state index is -0.924. The topological polar surface area (TPSA) is 55.4 Å². The third-order valence-corrected chi connectivity index (χ3v) is 2.27. The molecule has 2 amide bonds. The van der Waals surface area contributed by atoms with Crippen LogP contribution < -0.4 is 34.9 Å². The second kappa shape index (κ2) is 5.73. The molecule has 0 radical (unpaired) electrons. The van der Waals surface area contributed by atoms with E-state index in [0.29, 0.717) is 6.42 Å². The Bertz CT molecular complexity index is 232. The van der Waals surface area contributed by atoms with Gasteiger partial charge in [-0.05, 0) is 19.8 Å². The Balaban J connectivity index is 0.00000169. The molecule has 4 nitrogen and oxygen atoms in total. The molecular formula is C9H15NNaO3+. The summed E-state index contributed by atoms with van der Waals surface area (Å²) < 4.78 is 4.91. The summed E-state index contributed by atoms with van der Waals surface area (Å²) in [6, 6.07) is 0. The van der Waals surface area contributed by atoms with E-state index in [1.54, 1.807) is 6.92 Å². The van der Waals surface area contributed by atoms with Gasteiger partial charge in [-0.25, -0.2) is 4.79 Å². The molecule has 0 spiro atoms. The Hall–Kier alpha value is -0.0600. The van der Waals surface area contributed by atoms with Crippen LogP contribution in [0.15, 0.2) is 0 Å². The Labute approximate surface area is 106 Å². The predicted molar refractivity (Wildman–Crippen MR) is 47.2 cm³/mol. The summed E-state index contributed by atoms with van der Waals surface area (Å²) in [5, 5.41) is 2.13. The van der Waals surface area contributed by atoms with Crippen LogP contribution >= 0.6 is 0 Å². The number of unbranched alkanes of at least 4 members (excludes halogenated alkanes) is 2. The van der Waals surface area contributed by atoms with Crippen LogP contribution in [0.4, 0.5) is 4.79 Å². The molecule has 1 rings (SSSR count). The Morgan fingerprint density at radius 2 is 2.00 bits per heavy atom. The molecule has 1 unspecified atom stereocenters. The van der Waals surface area contributed by atoms with E-state index in [1.165, 1.54) is 0 Å². The van der Waals surface area contributed by atoms with Gasteiger partial charge in [-0.15, -0.1) is 0 Å². The summed E-state index contributed by atoms with van der Waals surface area (Å²) in [4.78, 5) is 22.0. The molecule has 1 heterocycles. The largest absolute Gasteiger partial charge is 1.00 e. The molecule has 74 valence electrons. The summed E-state index contributed by atoms with van der Waals surface area (Å²) in [5.74, 6) is -0.311. The number of ether oxygens (including phenoxy) is 1. The molecule has 1 fully saturated rings. The number of carbonyl (C=O) groups excluding carboxylic acids is 2. The molecule has 1 saturated heterocycles. The fourth-order valence-corrected chi connectivity index (χ4v) is 1.38. The standard InChI is InChI=1S/C9H15NO3.Na/c1-3-4-5-6-9(2)7(11)10-8(12)13-9;/h3-6H2,1-2H3,(H,10,11,12);/q;+1. The number of cyclic esters (lactones) is 1. The first-order valence-electron chi connectivity index (χ1n) is 4.63. The van der Waals surface area contributed by atoms with E-state index in [2.05, 4.69) is 12.2 Å². The van der Waals surface area contributed by atoms with Gasteiger partial charge in [0, 0.05) is 0 Å². The number of imide groups is 1. The van der Waals surface area contributed by atoms with E-state index < -0.39 is 11.7 Å². The van der Waals surface area contributed by atoms with Crippen LogP contribution in [0.25, 0.3) is 0 Å². The van der Waals surface area contributed by atoms with Crippen LogP contribution in [0.1, 0.15) is 39.5 Å². The first-order valence-corrected chi connectivity index (χ1v) is 4.63. The number of amides is 2. The van der Waals surface area contributed by atoms with Crippen molar-refractivity contribution < 1.29 is 43.9 Å². The van der Waals surface area contributed by atoms with Gasteiger partial charge in [-0.3, -0.25) is 10.1 Å². The fraction of sp³-hybridized carbons (Fsp3) is 0.778. The molecule has 14 heavy (non-hydrogen) atoms. The number of nitrogens with one attached hydrogen (secondary N) is 1. The smallest absolute Gasteiger partial charge is 0.433 e. The average molecular weight is 208 g/mol. The third kappa shape index (κ3) is 3.26. The van der Waals surface area contributed by atoms with Crippen LogP contribution in [-0.4, -0.2) is 17.6 Å². The van der Waals surface area contributed by atoms with Gasteiger partial charge >= 0.3 is 35.7 Å². The summed E-state index contributed by atoms with van der Waals surface area (Å²) in [5.41, 5.74) is -0.924. The molecule has 0 aromatic heterocycles. The number of rotatable bonds is 4. The first kappa shape index (κ1) is 13.9. The van der Waals surface area contributed by atoms with Gasteiger partial charge in [0.1, 0.15) is 0 Å². The molecule has 0 saturated carbocycles. The SMILES string of the molecule is CCCCCC1(C)OC(=O)NC1=O.[Na+].